The molecule has 0 saturated carbocycles. The molecule has 2 aromatic rings. The average Bonchev–Trinajstić information content (AvgIpc) is 2.90. The fourth-order valence-corrected chi connectivity index (χ4v) is 2.95. The first-order chi connectivity index (χ1) is 8.69. The van der Waals surface area contributed by atoms with E-state index in [-0.39, 0.29) is 12.5 Å². The van der Waals surface area contributed by atoms with Crippen LogP contribution in [-0.2, 0) is 16.1 Å². The number of rotatable bonds is 4. The van der Waals surface area contributed by atoms with Crippen LogP contribution in [0.5, 0.6) is 0 Å². The lowest BCUT2D eigenvalue weighted by atomic mass is 10.7. The maximum Gasteiger partial charge on any atom is 0.329 e. The zero-order valence-electron chi connectivity index (χ0n) is 9.11. The molecule has 0 bridgehead atoms. The molecule has 2 rings (SSSR count). The lowest BCUT2D eigenvalue weighted by molar-refractivity contribution is -0.144. The maximum atomic E-state index is 11.2. The van der Waals surface area contributed by atoms with Gasteiger partial charge in [0.2, 0.25) is 0 Å². The molecule has 8 nitrogen and oxygen atoms in total. The third-order valence-corrected chi connectivity index (χ3v) is 3.80. The quantitative estimate of drug-likeness (QED) is 0.607. The molecule has 0 unspecified atom stereocenters. The van der Waals surface area contributed by atoms with Gasteiger partial charge in [-0.1, -0.05) is 16.7 Å². The van der Waals surface area contributed by atoms with Crippen molar-refractivity contribution in [2.45, 2.75) is 13.5 Å². The molecule has 0 atom stereocenters. The van der Waals surface area contributed by atoms with Gasteiger partial charge in [-0.3, -0.25) is 0 Å². The fourth-order valence-electron chi connectivity index (χ4n) is 0.984. The summed E-state index contributed by atoms with van der Waals surface area (Å²) in [7, 11) is 2.52. The van der Waals surface area contributed by atoms with Crippen molar-refractivity contribution in [3.05, 3.63) is 9.82 Å². The van der Waals surface area contributed by atoms with Crippen LogP contribution in [0, 0.1) is 0 Å². The molecule has 0 radical (unpaired) electrons. The van der Waals surface area contributed by atoms with E-state index in [0.717, 1.165) is 4.80 Å². The molecule has 0 fully saturated rings. The number of hydrogen-bond acceptors (Lipinski definition) is 9. The molecule has 0 aliphatic rings. The minimum Gasteiger partial charge on any atom is -0.465 e. The van der Waals surface area contributed by atoms with Gasteiger partial charge in [-0.2, -0.15) is 14.2 Å². The summed E-state index contributed by atoms with van der Waals surface area (Å²) in [4.78, 5) is 16.3. The van der Waals surface area contributed by atoms with Crippen LogP contribution >= 0.6 is 32.5 Å². The van der Waals surface area contributed by atoms with Crippen molar-refractivity contribution in [2.75, 3.05) is 6.61 Å². The van der Waals surface area contributed by atoms with Gasteiger partial charge in [0.05, 0.1) is 6.61 Å². The first-order valence-corrected chi connectivity index (χ1v) is 7.27. The highest BCUT2D eigenvalue weighted by atomic mass is 35.5. The summed E-state index contributed by atoms with van der Waals surface area (Å²) >= 11 is 5.78. The van der Waals surface area contributed by atoms with Gasteiger partial charge in [0.15, 0.2) is 16.4 Å². The van der Waals surface area contributed by atoms with E-state index in [1.165, 1.54) is 20.9 Å². The monoisotopic (exact) mass is 306 g/mol. The van der Waals surface area contributed by atoms with Gasteiger partial charge in [-0.25, -0.2) is 4.79 Å². The van der Waals surface area contributed by atoms with E-state index in [1.54, 1.807) is 6.92 Å². The molecule has 96 valence electrons. The molecule has 0 saturated heterocycles. The van der Waals surface area contributed by atoms with Crippen LogP contribution in [0.2, 0.25) is 5.15 Å². The summed E-state index contributed by atoms with van der Waals surface area (Å²) in [5.74, 6) is -0.308. The smallest absolute Gasteiger partial charge is 0.329 e. The van der Waals surface area contributed by atoms with E-state index in [1.807, 2.05) is 0 Å². The molecule has 2 heterocycles. The largest absolute Gasteiger partial charge is 0.465 e. The first kappa shape index (κ1) is 13.1. The van der Waals surface area contributed by atoms with E-state index in [4.69, 9.17) is 16.3 Å². The van der Waals surface area contributed by atoms with Crippen LogP contribution in [0.1, 0.15) is 6.92 Å². The number of carbonyl (C=O) groups excluding carboxylic acids is 1. The van der Waals surface area contributed by atoms with E-state index in [0.29, 0.717) is 16.4 Å². The zero-order chi connectivity index (χ0) is 13.0. The van der Waals surface area contributed by atoms with E-state index in [9.17, 15) is 4.79 Å². The van der Waals surface area contributed by atoms with Crippen molar-refractivity contribution in [1.29, 1.82) is 0 Å². The summed E-state index contributed by atoms with van der Waals surface area (Å²) in [5.41, 5.74) is 0. The van der Waals surface area contributed by atoms with Gasteiger partial charge in [-0.05, 0) is 22.5 Å². The van der Waals surface area contributed by atoms with Crippen LogP contribution in [0.25, 0.3) is 0 Å². The summed E-state index contributed by atoms with van der Waals surface area (Å²) in [5, 5.41) is 11.5. The summed E-state index contributed by atoms with van der Waals surface area (Å²) < 4.78 is 9.13. The molecule has 11 heteroatoms. The fraction of sp³-hybridized carbons (Fsp3) is 0.429. The molecule has 0 spiro atoms. The third kappa shape index (κ3) is 3.31. The van der Waals surface area contributed by atoms with Gasteiger partial charge in [0.25, 0.3) is 5.95 Å². The molecule has 2 aromatic heterocycles. The Morgan fingerprint density at radius 1 is 1.61 bits per heavy atom. The number of carbonyl (C=O) groups is 1. The lowest BCUT2D eigenvalue weighted by Crippen LogP contribution is -2.15. The van der Waals surface area contributed by atoms with Crippen molar-refractivity contribution in [3.8, 4) is 0 Å². The third-order valence-electron chi connectivity index (χ3n) is 1.63. The minimum absolute atomic E-state index is 0.102. The number of esters is 1. The average molecular weight is 307 g/mol. The molecular formula is C7H7ClN6O2S2. The van der Waals surface area contributed by atoms with E-state index in [2.05, 4.69) is 24.8 Å². The Labute approximate surface area is 113 Å². The maximum absolute atomic E-state index is 11.2. The van der Waals surface area contributed by atoms with Gasteiger partial charge >= 0.3 is 5.97 Å². The Morgan fingerprint density at radius 3 is 3.11 bits per heavy atom. The van der Waals surface area contributed by atoms with E-state index >= 15 is 0 Å². The highest BCUT2D eigenvalue weighted by Gasteiger charge is 2.08. The van der Waals surface area contributed by atoms with Crippen LogP contribution in [0.3, 0.4) is 0 Å². The number of nitrogens with zero attached hydrogens (tertiary/aromatic N) is 6. The van der Waals surface area contributed by atoms with Crippen molar-refractivity contribution in [1.82, 2.24) is 24.6 Å². The Morgan fingerprint density at radius 2 is 2.44 bits per heavy atom. The number of tetrazole rings is 1. The highest BCUT2D eigenvalue weighted by Crippen LogP contribution is 2.07. The normalized spacial score (nSPS) is 11.8. The Hall–Kier alpha value is -1.39. The zero-order valence-corrected chi connectivity index (χ0v) is 11.5. The van der Waals surface area contributed by atoms with Gasteiger partial charge in [0.1, 0.15) is 0 Å². The summed E-state index contributed by atoms with van der Waals surface area (Å²) in [6.45, 7) is 1.93. The molecule has 0 amide bonds. The first-order valence-electron chi connectivity index (χ1n) is 4.78. The summed E-state index contributed by atoms with van der Waals surface area (Å²) in [6.07, 6.45) is 0. The SMILES string of the molecule is CCOC(=O)Cn1nnc(/N=c2\ssnc2Cl)n1. The van der Waals surface area contributed by atoms with Crippen molar-refractivity contribution >= 4 is 44.4 Å². The number of aromatic nitrogens is 5. The molecule has 0 aromatic carbocycles. The van der Waals surface area contributed by atoms with Crippen molar-refractivity contribution < 1.29 is 9.53 Å². The number of hydrogen-bond donors (Lipinski definition) is 0. The Bertz CT molecular complexity index is 605. The second kappa shape index (κ2) is 5.98. The lowest BCUT2D eigenvalue weighted by Gasteiger charge is -1.98. The van der Waals surface area contributed by atoms with Crippen molar-refractivity contribution in [3.63, 3.8) is 0 Å². The summed E-state index contributed by atoms with van der Waals surface area (Å²) in [6, 6.07) is 0. The van der Waals surface area contributed by atoms with Gasteiger partial charge in [-0.15, -0.1) is 5.10 Å². The predicted octanol–water partition coefficient (Wildman–Crippen LogP) is 0.640. The predicted molar refractivity (Wildman–Crippen MR) is 64.7 cm³/mol. The minimum atomic E-state index is -0.431. The molecule has 18 heavy (non-hydrogen) atoms. The van der Waals surface area contributed by atoms with Gasteiger partial charge < -0.3 is 4.74 Å². The van der Waals surface area contributed by atoms with Crippen LogP contribution < -0.4 is 4.67 Å². The molecule has 0 aliphatic heterocycles. The van der Waals surface area contributed by atoms with Gasteiger partial charge in [0, 0.05) is 10.5 Å². The molecular weight excluding hydrogens is 300 g/mol. The molecule has 0 aliphatic carbocycles. The molecule has 0 N–H and O–H groups in total. The highest BCUT2D eigenvalue weighted by molar-refractivity contribution is 7.66. The van der Waals surface area contributed by atoms with E-state index < -0.39 is 5.97 Å². The van der Waals surface area contributed by atoms with Crippen LogP contribution in [-0.4, -0.2) is 37.2 Å². The van der Waals surface area contributed by atoms with Crippen LogP contribution in [0.15, 0.2) is 4.99 Å². The number of halogens is 1. The topological polar surface area (TPSA) is 95.2 Å². The Balaban J connectivity index is 2.12. The van der Waals surface area contributed by atoms with Crippen molar-refractivity contribution in [2.24, 2.45) is 4.99 Å². The second-order valence-electron chi connectivity index (χ2n) is 2.88. The second-order valence-corrected chi connectivity index (χ2v) is 5.07. The van der Waals surface area contributed by atoms with Crippen LogP contribution in [0.4, 0.5) is 5.95 Å². The Kier molecular flexibility index (Phi) is 4.33. The number of ether oxygens (including phenoxy) is 1. The standard InChI is InChI=1S/C7H7ClN6O2S2/c1-2-16-4(15)3-14-11-7(10-13-14)9-6-5(8)12-18-17-6/h2-3H2,1H3/b9-6-.